The Morgan fingerprint density at radius 2 is 1.91 bits per heavy atom. The number of hydrogen-bond acceptors (Lipinski definition) is 8. The number of hydrogen-bond donors (Lipinski definition) is 1. The van der Waals surface area contributed by atoms with Crippen molar-refractivity contribution in [1.29, 1.82) is 0 Å². The summed E-state index contributed by atoms with van der Waals surface area (Å²) in [6.45, 7) is 6.15. The van der Waals surface area contributed by atoms with Crippen LogP contribution in [0.2, 0.25) is 0 Å². The molecule has 0 spiro atoms. The number of esters is 1. The third-order valence-corrected chi connectivity index (χ3v) is 6.04. The van der Waals surface area contributed by atoms with Crippen molar-refractivity contribution >= 4 is 16.7 Å². The number of nitrogens with two attached hydrogens (primary N) is 1. The zero-order valence-corrected chi connectivity index (χ0v) is 19.0. The molecule has 1 aliphatic rings. The van der Waals surface area contributed by atoms with Gasteiger partial charge in [-0.25, -0.2) is 9.78 Å². The first-order valence-corrected chi connectivity index (χ1v) is 10.6. The number of carbonyl (C=O) groups excluding carboxylic acids is 1. The monoisotopic (exact) mass is 436 g/mol. The predicted molar refractivity (Wildman–Crippen MR) is 120 cm³/mol. The van der Waals surface area contributed by atoms with Crippen molar-refractivity contribution in [1.82, 2.24) is 15.0 Å². The second-order valence-electron chi connectivity index (χ2n) is 8.56. The molecule has 0 saturated carbocycles. The number of nitrogens with zero attached hydrogens (tertiary/aromatic N) is 3. The summed E-state index contributed by atoms with van der Waals surface area (Å²) in [6, 6.07) is 5.63. The summed E-state index contributed by atoms with van der Waals surface area (Å²) in [5.41, 5.74) is 9.62. The molecular formula is C24H28N4O4. The molecule has 0 aromatic carbocycles. The van der Waals surface area contributed by atoms with E-state index in [1.165, 1.54) is 0 Å². The predicted octanol–water partition coefficient (Wildman–Crippen LogP) is 3.11. The van der Waals surface area contributed by atoms with E-state index in [9.17, 15) is 4.79 Å². The van der Waals surface area contributed by atoms with Gasteiger partial charge in [0.25, 0.3) is 0 Å². The molecular weight excluding hydrogens is 408 g/mol. The van der Waals surface area contributed by atoms with Gasteiger partial charge in [0.1, 0.15) is 6.10 Å². The molecule has 0 bridgehead atoms. The van der Waals surface area contributed by atoms with Crippen LogP contribution >= 0.6 is 0 Å². The molecule has 1 aliphatic heterocycles. The summed E-state index contributed by atoms with van der Waals surface area (Å²) in [7, 11) is 3.20. The van der Waals surface area contributed by atoms with Crippen molar-refractivity contribution in [2.45, 2.75) is 44.8 Å². The van der Waals surface area contributed by atoms with Crippen molar-refractivity contribution in [3.8, 4) is 5.88 Å². The molecule has 0 unspecified atom stereocenters. The highest BCUT2D eigenvalue weighted by Crippen LogP contribution is 2.33. The molecule has 4 rings (SSSR count). The molecule has 8 nitrogen and oxygen atoms in total. The fraction of sp³-hybridized carbons (Fsp3) is 0.417. The van der Waals surface area contributed by atoms with E-state index in [4.69, 9.17) is 24.9 Å². The summed E-state index contributed by atoms with van der Waals surface area (Å²) >= 11 is 0. The number of cyclic esters (lactones) is 1. The van der Waals surface area contributed by atoms with E-state index in [0.717, 1.165) is 33.4 Å². The molecule has 3 atom stereocenters. The van der Waals surface area contributed by atoms with Gasteiger partial charge in [0.05, 0.1) is 35.9 Å². The summed E-state index contributed by atoms with van der Waals surface area (Å²) in [5, 5.41) is 1.69. The lowest BCUT2D eigenvalue weighted by Crippen LogP contribution is -2.38. The molecule has 4 heterocycles. The maximum absolute atomic E-state index is 12.2. The minimum atomic E-state index is -0.735. The number of fused-ring (bicyclic) bond motifs is 2. The summed E-state index contributed by atoms with van der Waals surface area (Å²) in [4.78, 5) is 26.0. The molecule has 0 radical (unpaired) electrons. The lowest BCUT2D eigenvalue weighted by molar-refractivity contribution is 0.0234. The lowest BCUT2D eigenvalue weighted by atomic mass is 9.91. The molecule has 0 fully saturated rings. The Morgan fingerprint density at radius 1 is 1.12 bits per heavy atom. The average Bonchev–Trinajstić information content (AvgIpc) is 2.76. The highest BCUT2D eigenvalue weighted by molar-refractivity contribution is 5.92. The van der Waals surface area contributed by atoms with E-state index >= 15 is 0 Å². The molecule has 0 aliphatic carbocycles. The second-order valence-corrected chi connectivity index (χ2v) is 8.56. The van der Waals surface area contributed by atoms with Crippen LogP contribution in [-0.2, 0) is 21.4 Å². The van der Waals surface area contributed by atoms with Crippen LogP contribution in [0, 0.1) is 0 Å². The summed E-state index contributed by atoms with van der Waals surface area (Å²) in [6.07, 6.45) is 3.79. The normalized spacial score (nSPS) is 19.9. The van der Waals surface area contributed by atoms with Crippen molar-refractivity contribution < 1.29 is 19.0 Å². The Hall–Kier alpha value is -3.10. The fourth-order valence-corrected chi connectivity index (χ4v) is 4.12. The van der Waals surface area contributed by atoms with Crippen molar-refractivity contribution in [2.75, 3.05) is 20.8 Å². The second kappa shape index (κ2) is 8.44. The van der Waals surface area contributed by atoms with Gasteiger partial charge in [0, 0.05) is 48.8 Å². The molecule has 32 heavy (non-hydrogen) atoms. The van der Waals surface area contributed by atoms with Crippen LogP contribution in [0.15, 0.2) is 30.6 Å². The SMILES string of the molecule is COC[C@](C)(N)c1cnc(OC)c2cnc(Cc3ccc4c(n3)[C@H](C)[C@H](C)OC4=O)cc12. The number of pyridine rings is 3. The Kier molecular flexibility index (Phi) is 5.83. The van der Waals surface area contributed by atoms with Crippen molar-refractivity contribution in [3.63, 3.8) is 0 Å². The van der Waals surface area contributed by atoms with Gasteiger partial charge in [-0.1, -0.05) is 6.92 Å². The Morgan fingerprint density at radius 3 is 2.62 bits per heavy atom. The van der Waals surface area contributed by atoms with Crippen LogP contribution in [0.3, 0.4) is 0 Å². The number of aromatic nitrogens is 3. The maximum atomic E-state index is 12.2. The van der Waals surface area contributed by atoms with Gasteiger partial charge in [-0.3, -0.25) is 9.97 Å². The smallest absolute Gasteiger partial charge is 0.340 e. The molecule has 3 aromatic heterocycles. The van der Waals surface area contributed by atoms with E-state index in [2.05, 4.69) is 9.97 Å². The summed E-state index contributed by atoms with van der Waals surface area (Å²) < 4.78 is 16.1. The Bertz CT molecular complexity index is 1180. The first-order chi connectivity index (χ1) is 15.2. The molecule has 168 valence electrons. The van der Waals surface area contributed by atoms with Crippen LogP contribution in [0.4, 0.5) is 0 Å². The molecule has 0 saturated heterocycles. The van der Waals surface area contributed by atoms with E-state index < -0.39 is 5.54 Å². The van der Waals surface area contributed by atoms with Gasteiger partial charge in [-0.05, 0) is 37.4 Å². The van der Waals surface area contributed by atoms with Gasteiger partial charge >= 0.3 is 5.97 Å². The highest BCUT2D eigenvalue weighted by atomic mass is 16.5. The molecule has 3 aromatic rings. The van der Waals surface area contributed by atoms with E-state index in [1.54, 1.807) is 32.7 Å². The quantitative estimate of drug-likeness (QED) is 0.587. The van der Waals surface area contributed by atoms with Crippen LogP contribution < -0.4 is 10.5 Å². The largest absolute Gasteiger partial charge is 0.481 e. The minimum absolute atomic E-state index is 0.0288. The summed E-state index contributed by atoms with van der Waals surface area (Å²) in [5.74, 6) is 0.198. The molecule has 0 amide bonds. The number of ether oxygens (including phenoxy) is 3. The standard InChI is InChI=1S/C24H28N4O4/c1-13-14(2)32-23(29)17-7-6-15(28-21(13)17)8-16-9-18-19(10-26-16)22(31-5)27-11-20(18)24(3,25)12-30-4/h6-7,9-11,13-14H,8,12,25H2,1-5H3/t13-,14+,24+/m1/s1. The zero-order valence-electron chi connectivity index (χ0n) is 19.0. The van der Waals surface area contributed by atoms with Crippen LogP contribution in [0.5, 0.6) is 5.88 Å². The first-order valence-electron chi connectivity index (χ1n) is 10.6. The molecule has 8 heteroatoms. The maximum Gasteiger partial charge on any atom is 0.340 e. The third kappa shape index (κ3) is 3.91. The lowest BCUT2D eigenvalue weighted by Gasteiger charge is -2.27. The average molecular weight is 437 g/mol. The van der Waals surface area contributed by atoms with Gasteiger partial charge in [0.15, 0.2) is 0 Å². The van der Waals surface area contributed by atoms with Gasteiger partial charge in [-0.15, -0.1) is 0 Å². The third-order valence-electron chi connectivity index (χ3n) is 6.04. The molecule has 2 N–H and O–H groups in total. The Labute approximate surface area is 187 Å². The fourth-order valence-electron chi connectivity index (χ4n) is 4.12. The van der Waals surface area contributed by atoms with Crippen LogP contribution in [0.1, 0.15) is 59.7 Å². The van der Waals surface area contributed by atoms with Gasteiger partial charge < -0.3 is 19.9 Å². The number of carbonyl (C=O) groups is 1. The Balaban J connectivity index is 1.75. The zero-order chi connectivity index (χ0) is 23.0. The van der Waals surface area contributed by atoms with E-state index in [0.29, 0.717) is 24.5 Å². The van der Waals surface area contributed by atoms with Crippen LogP contribution in [0.25, 0.3) is 10.8 Å². The van der Waals surface area contributed by atoms with Gasteiger partial charge in [-0.2, -0.15) is 0 Å². The first kappa shape index (κ1) is 22.1. The number of rotatable bonds is 6. The minimum Gasteiger partial charge on any atom is -0.481 e. The number of methoxy groups -OCH3 is 2. The van der Waals surface area contributed by atoms with Gasteiger partial charge in [0.2, 0.25) is 5.88 Å². The van der Waals surface area contributed by atoms with Crippen LogP contribution in [-0.4, -0.2) is 47.9 Å². The van der Waals surface area contributed by atoms with Crippen molar-refractivity contribution in [2.24, 2.45) is 5.73 Å². The van der Waals surface area contributed by atoms with Crippen molar-refractivity contribution in [3.05, 3.63) is 58.8 Å². The highest BCUT2D eigenvalue weighted by Gasteiger charge is 2.31. The van der Waals surface area contributed by atoms with E-state index in [-0.39, 0.29) is 18.0 Å². The topological polar surface area (TPSA) is 109 Å². The van der Waals surface area contributed by atoms with E-state index in [1.807, 2.05) is 32.9 Å².